The van der Waals surface area contributed by atoms with Gasteiger partial charge in [-0.1, -0.05) is 17.0 Å². The molecule has 1 aromatic heterocycles. The first kappa shape index (κ1) is 15.4. The quantitative estimate of drug-likeness (QED) is 0.274. The van der Waals surface area contributed by atoms with Crippen molar-refractivity contribution < 1.29 is 9.31 Å². The van der Waals surface area contributed by atoms with E-state index in [4.69, 9.17) is 14.8 Å². The highest BCUT2D eigenvalue weighted by Crippen LogP contribution is 2.36. The number of nitrogens with zero attached hydrogens (tertiary/aromatic N) is 4. The van der Waals surface area contributed by atoms with Gasteiger partial charge in [-0.15, -0.1) is 0 Å². The molecule has 0 unspecified atom stereocenters. The maximum atomic E-state index is 8.19. The van der Waals surface area contributed by atoms with Crippen LogP contribution in [-0.2, 0) is 9.31 Å². The van der Waals surface area contributed by atoms with E-state index in [0.29, 0.717) is 0 Å². The molecular formula is C14H17BN4O2. The average Bonchev–Trinajstić information content (AvgIpc) is 2.64. The Labute approximate surface area is 124 Å². The summed E-state index contributed by atoms with van der Waals surface area (Å²) < 4.78 is 11.9. The van der Waals surface area contributed by atoms with E-state index in [9.17, 15) is 0 Å². The van der Waals surface area contributed by atoms with Crippen molar-refractivity contribution in [2.24, 2.45) is 5.11 Å². The summed E-state index contributed by atoms with van der Waals surface area (Å²) in [5, 5.41) is 3.36. The average molecular weight is 284 g/mol. The first-order chi connectivity index (χ1) is 9.86. The Kier molecular flexibility index (Phi) is 4.24. The molecule has 0 radical (unpaired) electrons. The van der Waals surface area contributed by atoms with Crippen LogP contribution in [-0.4, -0.2) is 29.8 Å². The first-order valence-electron chi connectivity index (χ1n) is 6.66. The first-order valence-corrected chi connectivity index (χ1v) is 6.66. The third-order valence-electron chi connectivity index (χ3n) is 3.73. The zero-order valence-corrected chi connectivity index (χ0v) is 12.6. The summed E-state index contributed by atoms with van der Waals surface area (Å²) in [4.78, 5) is 6.80. The Bertz CT molecular complexity index is 626. The molecular weight excluding hydrogens is 267 g/mol. The van der Waals surface area contributed by atoms with Crippen LogP contribution in [0.25, 0.3) is 10.4 Å². The standard InChI is InChI=1S/C14H17BN4O2/c1-13(2)14(3,4)21-15(20-13)12-8-11(9-17-10-12)6-5-7-18-19-16/h8-10H,7H2,1-4H3. The van der Waals surface area contributed by atoms with Gasteiger partial charge >= 0.3 is 7.12 Å². The lowest BCUT2D eigenvalue weighted by atomic mass is 9.80. The second-order valence-corrected chi connectivity index (χ2v) is 5.79. The van der Waals surface area contributed by atoms with Crippen molar-refractivity contribution >= 4 is 12.6 Å². The molecule has 7 heteroatoms. The van der Waals surface area contributed by atoms with Crippen molar-refractivity contribution in [3.63, 3.8) is 0 Å². The van der Waals surface area contributed by atoms with E-state index in [1.165, 1.54) is 0 Å². The molecule has 0 spiro atoms. The SMILES string of the molecule is CC1(C)OB(c2cncc(C#CCN=[N+]=[N-])c2)OC1(C)C. The maximum absolute atomic E-state index is 8.19. The van der Waals surface area contributed by atoms with Crippen LogP contribution in [0.3, 0.4) is 0 Å². The molecule has 0 saturated carbocycles. The highest BCUT2D eigenvalue weighted by Gasteiger charge is 2.51. The molecule has 21 heavy (non-hydrogen) atoms. The van der Waals surface area contributed by atoms with Crippen molar-refractivity contribution in [3.8, 4) is 11.8 Å². The third-order valence-corrected chi connectivity index (χ3v) is 3.73. The maximum Gasteiger partial charge on any atom is 0.496 e. The van der Waals surface area contributed by atoms with Crippen LogP contribution >= 0.6 is 0 Å². The van der Waals surface area contributed by atoms with Gasteiger partial charge in [-0.05, 0) is 39.3 Å². The lowest BCUT2D eigenvalue weighted by Crippen LogP contribution is -2.41. The molecule has 0 N–H and O–H groups in total. The molecule has 1 saturated heterocycles. The summed E-state index contributed by atoms with van der Waals surface area (Å²) in [6.45, 7) is 8.15. The molecule has 0 amide bonds. The summed E-state index contributed by atoms with van der Waals surface area (Å²) in [7, 11) is -0.457. The van der Waals surface area contributed by atoms with E-state index < -0.39 is 7.12 Å². The molecule has 1 aromatic rings. The lowest BCUT2D eigenvalue weighted by molar-refractivity contribution is 0.00578. The van der Waals surface area contributed by atoms with Gasteiger partial charge in [0.1, 0.15) is 0 Å². The predicted molar refractivity (Wildman–Crippen MR) is 80.8 cm³/mol. The Morgan fingerprint density at radius 1 is 1.29 bits per heavy atom. The van der Waals surface area contributed by atoms with Crippen molar-refractivity contribution in [1.29, 1.82) is 0 Å². The fourth-order valence-electron chi connectivity index (χ4n) is 1.84. The van der Waals surface area contributed by atoms with E-state index in [1.807, 2.05) is 33.8 Å². The number of rotatable bonds is 2. The van der Waals surface area contributed by atoms with Crippen molar-refractivity contribution in [1.82, 2.24) is 4.98 Å². The van der Waals surface area contributed by atoms with Gasteiger partial charge in [0.05, 0.1) is 17.7 Å². The molecule has 6 nitrogen and oxygen atoms in total. The van der Waals surface area contributed by atoms with Crippen molar-refractivity contribution in [2.75, 3.05) is 6.54 Å². The fraction of sp³-hybridized carbons (Fsp3) is 0.500. The summed E-state index contributed by atoms with van der Waals surface area (Å²) in [6.07, 6.45) is 3.36. The summed E-state index contributed by atoms with van der Waals surface area (Å²) >= 11 is 0. The zero-order chi connectivity index (χ0) is 15.5. The summed E-state index contributed by atoms with van der Waals surface area (Å²) in [5.41, 5.74) is 8.97. The van der Waals surface area contributed by atoms with Crippen LogP contribution in [0.2, 0.25) is 0 Å². The van der Waals surface area contributed by atoms with E-state index in [0.717, 1.165) is 11.0 Å². The van der Waals surface area contributed by atoms with Crippen LogP contribution < -0.4 is 5.46 Å². The molecule has 0 aromatic carbocycles. The molecule has 2 heterocycles. The summed E-state index contributed by atoms with van der Waals surface area (Å²) in [6, 6.07) is 1.87. The molecule has 0 aliphatic carbocycles. The number of hydrogen-bond acceptors (Lipinski definition) is 4. The van der Waals surface area contributed by atoms with Crippen LogP contribution in [0.15, 0.2) is 23.6 Å². The number of azide groups is 1. The minimum atomic E-state index is -0.457. The molecule has 1 fully saturated rings. The van der Waals surface area contributed by atoms with E-state index in [2.05, 4.69) is 26.9 Å². The van der Waals surface area contributed by atoms with Gasteiger partial charge in [0.25, 0.3) is 0 Å². The van der Waals surface area contributed by atoms with Gasteiger partial charge in [-0.3, -0.25) is 4.98 Å². The highest BCUT2D eigenvalue weighted by molar-refractivity contribution is 6.62. The van der Waals surface area contributed by atoms with Gasteiger partial charge in [0.2, 0.25) is 0 Å². The lowest BCUT2D eigenvalue weighted by Gasteiger charge is -2.32. The fourth-order valence-corrected chi connectivity index (χ4v) is 1.84. The van der Waals surface area contributed by atoms with Crippen LogP contribution in [0, 0.1) is 11.8 Å². The monoisotopic (exact) mass is 284 g/mol. The van der Waals surface area contributed by atoms with E-state index >= 15 is 0 Å². The number of hydrogen-bond donors (Lipinski definition) is 0. The minimum Gasteiger partial charge on any atom is -0.399 e. The molecule has 1 aliphatic rings. The van der Waals surface area contributed by atoms with E-state index in [1.54, 1.807) is 12.4 Å². The molecule has 0 atom stereocenters. The predicted octanol–water partition coefficient (Wildman–Crippen LogP) is 2.04. The zero-order valence-electron chi connectivity index (χ0n) is 12.6. The van der Waals surface area contributed by atoms with Crippen LogP contribution in [0.1, 0.15) is 33.3 Å². The van der Waals surface area contributed by atoms with Crippen molar-refractivity contribution in [2.45, 2.75) is 38.9 Å². The van der Waals surface area contributed by atoms with Gasteiger partial charge < -0.3 is 9.31 Å². The second kappa shape index (κ2) is 5.78. The second-order valence-electron chi connectivity index (χ2n) is 5.79. The topological polar surface area (TPSA) is 80.1 Å². The Morgan fingerprint density at radius 3 is 2.57 bits per heavy atom. The third kappa shape index (κ3) is 3.37. The number of aromatic nitrogens is 1. The largest absolute Gasteiger partial charge is 0.496 e. The molecule has 1 aliphatic heterocycles. The van der Waals surface area contributed by atoms with Gasteiger partial charge in [0.15, 0.2) is 0 Å². The Hall–Kier alpha value is -2.00. The molecule has 108 valence electrons. The van der Waals surface area contributed by atoms with Crippen LogP contribution in [0.4, 0.5) is 0 Å². The normalized spacial score (nSPS) is 18.6. The van der Waals surface area contributed by atoms with Gasteiger partial charge in [0, 0.05) is 28.3 Å². The Morgan fingerprint density at radius 2 is 1.95 bits per heavy atom. The summed E-state index contributed by atoms with van der Waals surface area (Å²) in [5.74, 6) is 5.66. The molecule has 0 bridgehead atoms. The van der Waals surface area contributed by atoms with Crippen LogP contribution in [0.5, 0.6) is 0 Å². The minimum absolute atomic E-state index is 0.136. The van der Waals surface area contributed by atoms with Gasteiger partial charge in [-0.2, -0.15) is 0 Å². The molecule has 2 rings (SSSR count). The smallest absolute Gasteiger partial charge is 0.399 e. The van der Waals surface area contributed by atoms with Gasteiger partial charge in [-0.25, -0.2) is 0 Å². The van der Waals surface area contributed by atoms with E-state index in [-0.39, 0.29) is 17.7 Å². The Balaban J connectivity index is 2.19. The highest BCUT2D eigenvalue weighted by atomic mass is 16.7. The van der Waals surface area contributed by atoms with Crippen molar-refractivity contribution in [3.05, 3.63) is 34.5 Å². The number of pyridine rings is 1.